The first-order chi connectivity index (χ1) is 19.6. The molecule has 12 nitrogen and oxygen atoms in total. The second kappa shape index (κ2) is 14.8. The Morgan fingerprint density at radius 1 is 0.756 bits per heavy atom. The fourth-order valence-corrected chi connectivity index (χ4v) is 3.67. The average Bonchev–Trinajstić information content (AvgIpc) is 2.97. The second-order valence-corrected chi connectivity index (χ2v) is 9.20. The lowest BCUT2D eigenvalue weighted by Gasteiger charge is -2.21. The molecule has 214 valence electrons. The first-order valence-corrected chi connectivity index (χ1v) is 12.8. The highest BCUT2D eigenvalue weighted by atomic mass is 16.6. The van der Waals surface area contributed by atoms with Crippen molar-refractivity contribution < 1.29 is 28.8 Å². The van der Waals surface area contributed by atoms with Crippen molar-refractivity contribution in [1.82, 2.24) is 16.0 Å². The standard InChI is InChI=1S/C29H31N5O7/c1-19(30-26(35)20(2)31-29(38)41-18-22-11-7-4-8-12-22)27(36)33-28(37)25(17-21-9-5-3-6-10-21)32-23-13-15-24(16-14-23)34(39)40/h3-16,19-20,25,32H,17-18H2,1-2H3,(H,30,35)(H,31,38)(H,33,36,37)/t19-,20-,25-/m0/s1. The second-order valence-electron chi connectivity index (χ2n) is 9.20. The molecule has 0 aliphatic rings. The average molecular weight is 562 g/mol. The summed E-state index contributed by atoms with van der Waals surface area (Å²) in [5, 5.41) is 21.1. The lowest BCUT2D eigenvalue weighted by atomic mass is 10.0. The molecule has 0 spiro atoms. The maximum Gasteiger partial charge on any atom is 0.408 e. The van der Waals surface area contributed by atoms with Gasteiger partial charge in [-0.3, -0.25) is 29.8 Å². The Bertz CT molecular complexity index is 1350. The van der Waals surface area contributed by atoms with Gasteiger partial charge in [-0.15, -0.1) is 0 Å². The highest BCUT2D eigenvalue weighted by Gasteiger charge is 2.26. The largest absolute Gasteiger partial charge is 0.445 e. The van der Waals surface area contributed by atoms with E-state index in [0.29, 0.717) is 5.69 Å². The van der Waals surface area contributed by atoms with Crippen molar-refractivity contribution >= 4 is 35.2 Å². The number of ether oxygens (including phenoxy) is 1. The Kier molecular flexibility index (Phi) is 10.9. The van der Waals surface area contributed by atoms with Gasteiger partial charge in [0.25, 0.3) is 5.69 Å². The molecule has 0 unspecified atom stereocenters. The van der Waals surface area contributed by atoms with Gasteiger partial charge in [0.2, 0.25) is 17.7 Å². The van der Waals surface area contributed by atoms with Crippen LogP contribution in [0, 0.1) is 10.1 Å². The molecule has 0 heterocycles. The van der Waals surface area contributed by atoms with Gasteiger partial charge in [0.05, 0.1) is 4.92 Å². The van der Waals surface area contributed by atoms with E-state index >= 15 is 0 Å². The van der Waals surface area contributed by atoms with Crippen LogP contribution in [0.4, 0.5) is 16.2 Å². The molecule has 41 heavy (non-hydrogen) atoms. The summed E-state index contributed by atoms with van der Waals surface area (Å²) in [6.07, 6.45) is -0.589. The number of amides is 4. The Morgan fingerprint density at radius 2 is 1.32 bits per heavy atom. The fourth-order valence-electron chi connectivity index (χ4n) is 3.67. The summed E-state index contributed by atoms with van der Waals surface area (Å²) in [6, 6.07) is 20.6. The fraction of sp³-hybridized carbons (Fsp3) is 0.241. The van der Waals surface area contributed by atoms with Crippen LogP contribution in [0.25, 0.3) is 0 Å². The van der Waals surface area contributed by atoms with Crippen LogP contribution in [0.2, 0.25) is 0 Å². The van der Waals surface area contributed by atoms with Crippen LogP contribution in [0.5, 0.6) is 0 Å². The summed E-state index contributed by atoms with van der Waals surface area (Å²) < 4.78 is 5.10. The van der Waals surface area contributed by atoms with Crippen LogP contribution in [-0.2, 0) is 32.1 Å². The summed E-state index contributed by atoms with van der Waals surface area (Å²) in [6.45, 7) is 2.86. The number of nitro groups is 1. The maximum atomic E-state index is 13.1. The smallest absolute Gasteiger partial charge is 0.408 e. The van der Waals surface area contributed by atoms with Crippen molar-refractivity contribution in [2.75, 3.05) is 5.32 Å². The maximum absolute atomic E-state index is 13.1. The number of nitrogens with one attached hydrogen (secondary N) is 4. The van der Waals surface area contributed by atoms with Crippen molar-refractivity contribution in [3.63, 3.8) is 0 Å². The molecule has 3 aromatic carbocycles. The van der Waals surface area contributed by atoms with Crippen molar-refractivity contribution in [3.8, 4) is 0 Å². The molecular formula is C29H31N5O7. The van der Waals surface area contributed by atoms with Gasteiger partial charge in [-0.05, 0) is 37.1 Å². The van der Waals surface area contributed by atoms with E-state index in [1.165, 1.54) is 38.1 Å². The minimum Gasteiger partial charge on any atom is -0.445 e. The molecular weight excluding hydrogens is 530 g/mol. The van der Waals surface area contributed by atoms with Crippen LogP contribution in [0.3, 0.4) is 0 Å². The lowest BCUT2D eigenvalue weighted by molar-refractivity contribution is -0.384. The number of carbonyl (C=O) groups excluding carboxylic acids is 4. The van der Waals surface area contributed by atoms with Gasteiger partial charge in [0, 0.05) is 24.2 Å². The van der Waals surface area contributed by atoms with Crippen LogP contribution >= 0.6 is 0 Å². The quantitative estimate of drug-likeness (QED) is 0.193. The van der Waals surface area contributed by atoms with Gasteiger partial charge < -0.3 is 20.7 Å². The van der Waals surface area contributed by atoms with E-state index in [-0.39, 0.29) is 18.7 Å². The van der Waals surface area contributed by atoms with E-state index < -0.39 is 46.9 Å². The van der Waals surface area contributed by atoms with Crippen LogP contribution in [0.1, 0.15) is 25.0 Å². The zero-order valence-corrected chi connectivity index (χ0v) is 22.5. The van der Waals surface area contributed by atoms with E-state index in [9.17, 15) is 29.3 Å². The van der Waals surface area contributed by atoms with Gasteiger partial charge in [-0.1, -0.05) is 60.7 Å². The van der Waals surface area contributed by atoms with E-state index in [4.69, 9.17) is 4.74 Å². The highest BCUT2D eigenvalue weighted by molar-refractivity contribution is 6.02. The third-order valence-corrected chi connectivity index (χ3v) is 5.96. The van der Waals surface area contributed by atoms with Crippen molar-refractivity contribution in [2.24, 2.45) is 0 Å². The third-order valence-electron chi connectivity index (χ3n) is 5.96. The molecule has 4 N–H and O–H groups in total. The SMILES string of the molecule is C[C@H](NC(=O)OCc1ccccc1)C(=O)N[C@@H](C)C(=O)NC(=O)[C@H](Cc1ccccc1)Nc1ccc([N+](=O)[O-])cc1. The molecule has 3 aromatic rings. The molecule has 3 atom stereocenters. The van der Waals surface area contributed by atoms with E-state index in [1.54, 1.807) is 24.3 Å². The first kappa shape index (κ1) is 30.3. The molecule has 4 amide bonds. The number of nitrogens with zero attached hydrogens (tertiary/aromatic N) is 1. The number of imide groups is 1. The van der Waals surface area contributed by atoms with E-state index in [0.717, 1.165) is 11.1 Å². The molecule has 0 saturated heterocycles. The first-order valence-electron chi connectivity index (χ1n) is 12.8. The van der Waals surface area contributed by atoms with Crippen LogP contribution in [-0.4, -0.2) is 46.9 Å². The van der Waals surface area contributed by atoms with Gasteiger partial charge in [0.15, 0.2) is 0 Å². The summed E-state index contributed by atoms with van der Waals surface area (Å²) >= 11 is 0. The zero-order valence-electron chi connectivity index (χ0n) is 22.5. The van der Waals surface area contributed by atoms with Gasteiger partial charge in [-0.2, -0.15) is 0 Å². The molecule has 0 aromatic heterocycles. The predicted octanol–water partition coefficient (Wildman–Crippen LogP) is 3.08. The highest BCUT2D eigenvalue weighted by Crippen LogP contribution is 2.17. The molecule has 0 aliphatic heterocycles. The van der Waals surface area contributed by atoms with Crippen LogP contribution in [0.15, 0.2) is 84.9 Å². The molecule has 0 radical (unpaired) electrons. The van der Waals surface area contributed by atoms with Gasteiger partial charge >= 0.3 is 6.09 Å². The van der Waals surface area contributed by atoms with E-state index in [1.807, 2.05) is 36.4 Å². The summed E-state index contributed by atoms with van der Waals surface area (Å²) in [5.41, 5.74) is 1.94. The predicted molar refractivity (Wildman–Crippen MR) is 151 cm³/mol. The molecule has 0 bridgehead atoms. The van der Waals surface area contributed by atoms with Gasteiger partial charge in [-0.25, -0.2) is 4.79 Å². The zero-order chi connectivity index (χ0) is 29.8. The molecule has 3 rings (SSSR count). The van der Waals surface area contributed by atoms with Crippen molar-refractivity contribution in [3.05, 3.63) is 106 Å². The van der Waals surface area contributed by atoms with Crippen LogP contribution < -0.4 is 21.3 Å². The third kappa shape index (κ3) is 9.77. The molecule has 0 fully saturated rings. The number of non-ortho nitro benzene ring substituents is 1. The molecule has 12 heteroatoms. The minimum atomic E-state index is -1.10. The Balaban J connectivity index is 1.55. The summed E-state index contributed by atoms with van der Waals surface area (Å²) in [4.78, 5) is 60.9. The number of anilines is 1. The topological polar surface area (TPSA) is 169 Å². The number of benzene rings is 3. The summed E-state index contributed by atoms with van der Waals surface area (Å²) in [7, 11) is 0. The number of rotatable bonds is 12. The number of alkyl carbamates (subject to hydrolysis) is 1. The minimum absolute atomic E-state index is 0.0278. The van der Waals surface area contributed by atoms with E-state index in [2.05, 4.69) is 21.3 Å². The number of hydrogen-bond donors (Lipinski definition) is 4. The number of hydrogen-bond acceptors (Lipinski definition) is 8. The lowest BCUT2D eigenvalue weighted by Crippen LogP contribution is -2.54. The molecule has 0 aliphatic carbocycles. The molecule has 0 saturated carbocycles. The number of carbonyl (C=O) groups is 4. The Labute approximate surface area is 236 Å². The normalized spacial score (nSPS) is 12.6. The van der Waals surface area contributed by atoms with Crippen molar-refractivity contribution in [1.29, 1.82) is 0 Å². The number of nitro benzene ring substituents is 1. The summed E-state index contributed by atoms with van der Waals surface area (Å²) in [5.74, 6) is -2.07. The monoisotopic (exact) mass is 561 g/mol. The van der Waals surface area contributed by atoms with Gasteiger partial charge in [0.1, 0.15) is 24.7 Å². The Hall–Kier alpha value is -5.26. The Morgan fingerprint density at radius 3 is 1.90 bits per heavy atom. The van der Waals surface area contributed by atoms with Crippen molar-refractivity contribution in [2.45, 2.75) is 45.0 Å².